The third kappa shape index (κ3) is 3.04. The van der Waals surface area contributed by atoms with E-state index < -0.39 is 0 Å². The Morgan fingerprint density at radius 2 is 2.23 bits per heavy atom. The third-order valence-corrected chi connectivity index (χ3v) is 4.11. The monoisotopic (exact) mass is 298 g/mol. The Hall–Kier alpha value is -2.14. The fraction of sp³-hybridized carbons (Fsp3) is 0.412. The van der Waals surface area contributed by atoms with E-state index in [1.54, 1.807) is 0 Å². The summed E-state index contributed by atoms with van der Waals surface area (Å²) in [6.07, 6.45) is 0.922. The molecule has 116 valence electrons. The Morgan fingerprint density at radius 3 is 2.91 bits per heavy atom. The first-order valence-corrected chi connectivity index (χ1v) is 7.75. The van der Waals surface area contributed by atoms with Crippen molar-refractivity contribution in [1.29, 1.82) is 0 Å². The van der Waals surface area contributed by atoms with Crippen LogP contribution in [0.25, 0.3) is 5.69 Å². The highest BCUT2D eigenvalue weighted by Gasteiger charge is 2.22. The second-order valence-corrected chi connectivity index (χ2v) is 5.88. The molecule has 0 spiro atoms. The normalized spacial score (nSPS) is 17.6. The molecule has 3 rings (SSSR count). The predicted molar refractivity (Wildman–Crippen MR) is 85.9 cm³/mol. The van der Waals surface area contributed by atoms with E-state index in [2.05, 4.69) is 21.8 Å². The SMILES string of the molecule is Cc1cc(C)n(-c2ccccc2CNC(=O)C2CCNC2)n1. The summed E-state index contributed by atoms with van der Waals surface area (Å²) in [6.45, 7) is 6.27. The van der Waals surface area contributed by atoms with Crippen LogP contribution in [0.15, 0.2) is 30.3 Å². The lowest BCUT2D eigenvalue weighted by atomic mass is 10.1. The number of amides is 1. The summed E-state index contributed by atoms with van der Waals surface area (Å²) in [5.74, 6) is 0.231. The minimum atomic E-state index is 0.0980. The Morgan fingerprint density at radius 1 is 1.41 bits per heavy atom. The van der Waals surface area contributed by atoms with Crippen molar-refractivity contribution in [2.24, 2.45) is 5.92 Å². The van der Waals surface area contributed by atoms with Crippen molar-refractivity contribution < 1.29 is 4.79 Å². The maximum atomic E-state index is 12.2. The number of para-hydroxylation sites is 1. The molecule has 22 heavy (non-hydrogen) atoms. The van der Waals surface area contributed by atoms with E-state index in [0.29, 0.717) is 6.54 Å². The van der Waals surface area contributed by atoms with Crippen LogP contribution in [0.4, 0.5) is 0 Å². The van der Waals surface area contributed by atoms with E-state index in [0.717, 1.165) is 42.1 Å². The molecule has 1 aromatic carbocycles. The van der Waals surface area contributed by atoms with E-state index in [4.69, 9.17) is 0 Å². The third-order valence-electron chi connectivity index (χ3n) is 4.11. The van der Waals surface area contributed by atoms with Gasteiger partial charge in [-0.3, -0.25) is 4.79 Å². The van der Waals surface area contributed by atoms with Gasteiger partial charge in [0, 0.05) is 18.8 Å². The van der Waals surface area contributed by atoms with Crippen LogP contribution >= 0.6 is 0 Å². The number of nitrogens with zero attached hydrogens (tertiary/aromatic N) is 2. The first-order chi connectivity index (χ1) is 10.6. The zero-order valence-electron chi connectivity index (χ0n) is 13.1. The van der Waals surface area contributed by atoms with Gasteiger partial charge in [-0.1, -0.05) is 18.2 Å². The molecular formula is C17H22N4O. The Bertz CT molecular complexity index is 671. The number of benzene rings is 1. The summed E-state index contributed by atoms with van der Waals surface area (Å²) in [5, 5.41) is 10.8. The summed E-state index contributed by atoms with van der Waals surface area (Å²) in [6, 6.07) is 10.1. The largest absolute Gasteiger partial charge is 0.352 e. The highest BCUT2D eigenvalue weighted by atomic mass is 16.1. The van der Waals surface area contributed by atoms with E-state index in [1.807, 2.05) is 42.8 Å². The smallest absolute Gasteiger partial charge is 0.224 e. The van der Waals surface area contributed by atoms with Crippen LogP contribution in [-0.4, -0.2) is 28.8 Å². The number of hydrogen-bond donors (Lipinski definition) is 2. The van der Waals surface area contributed by atoms with Gasteiger partial charge in [0.2, 0.25) is 5.91 Å². The summed E-state index contributed by atoms with van der Waals surface area (Å²) in [4.78, 5) is 12.2. The van der Waals surface area contributed by atoms with Gasteiger partial charge in [-0.2, -0.15) is 5.10 Å². The Kier molecular flexibility index (Phi) is 4.24. The number of aryl methyl sites for hydroxylation is 2. The highest BCUT2D eigenvalue weighted by Crippen LogP contribution is 2.17. The Labute approximate surface area is 130 Å². The molecule has 1 aliphatic heterocycles. The zero-order valence-corrected chi connectivity index (χ0v) is 13.1. The lowest BCUT2D eigenvalue weighted by Crippen LogP contribution is -2.31. The van der Waals surface area contributed by atoms with Crippen molar-refractivity contribution in [1.82, 2.24) is 20.4 Å². The van der Waals surface area contributed by atoms with Crippen molar-refractivity contribution in [2.75, 3.05) is 13.1 Å². The van der Waals surface area contributed by atoms with Crippen LogP contribution in [0.5, 0.6) is 0 Å². The van der Waals surface area contributed by atoms with Gasteiger partial charge >= 0.3 is 0 Å². The second kappa shape index (κ2) is 6.32. The minimum Gasteiger partial charge on any atom is -0.352 e. The molecule has 2 aromatic rings. The number of carbonyl (C=O) groups is 1. The fourth-order valence-electron chi connectivity index (χ4n) is 2.94. The molecule has 1 saturated heterocycles. The summed E-state index contributed by atoms with van der Waals surface area (Å²) < 4.78 is 1.94. The molecule has 1 fully saturated rings. The minimum absolute atomic E-state index is 0.0980. The van der Waals surface area contributed by atoms with Crippen LogP contribution < -0.4 is 10.6 Å². The fourth-order valence-corrected chi connectivity index (χ4v) is 2.94. The molecule has 1 unspecified atom stereocenters. The highest BCUT2D eigenvalue weighted by molar-refractivity contribution is 5.79. The first-order valence-electron chi connectivity index (χ1n) is 7.75. The molecule has 0 radical (unpaired) electrons. The Balaban J connectivity index is 1.77. The average Bonchev–Trinajstić information content (AvgIpc) is 3.15. The summed E-state index contributed by atoms with van der Waals surface area (Å²) in [5.41, 5.74) is 4.19. The molecular weight excluding hydrogens is 276 g/mol. The van der Waals surface area contributed by atoms with Crippen LogP contribution in [0, 0.1) is 19.8 Å². The van der Waals surface area contributed by atoms with Crippen molar-refractivity contribution >= 4 is 5.91 Å². The van der Waals surface area contributed by atoms with Crippen molar-refractivity contribution in [3.8, 4) is 5.69 Å². The molecule has 5 nitrogen and oxygen atoms in total. The molecule has 2 heterocycles. The van der Waals surface area contributed by atoms with Gasteiger partial charge in [-0.05, 0) is 44.5 Å². The van der Waals surface area contributed by atoms with Gasteiger partial charge < -0.3 is 10.6 Å². The molecule has 0 bridgehead atoms. The van der Waals surface area contributed by atoms with E-state index in [-0.39, 0.29) is 11.8 Å². The standard InChI is InChI=1S/C17H22N4O/c1-12-9-13(2)21(20-12)16-6-4-3-5-14(16)11-19-17(22)15-7-8-18-10-15/h3-6,9,15,18H,7-8,10-11H2,1-2H3,(H,19,22). The van der Waals surface area contributed by atoms with Crippen molar-refractivity contribution in [3.05, 3.63) is 47.3 Å². The molecule has 1 amide bonds. The number of rotatable bonds is 4. The summed E-state index contributed by atoms with van der Waals surface area (Å²) >= 11 is 0. The van der Waals surface area contributed by atoms with Crippen LogP contribution in [-0.2, 0) is 11.3 Å². The van der Waals surface area contributed by atoms with E-state index >= 15 is 0 Å². The van der Waals surface area contributed by atoms with Crippen molar-refractivity contribution in [3.63, 3.8) is 0 Å². The molecule has 0 saturated carbocycles. The molecule has 2 N–H and O–H groups in total. The lowest BCUT2D eigenvalue weighted by Gasteiger charge is -2.14. The van der Waals surface area contributed by atoms with Crippen LogP contribution in [0.2, 0.25) is 0 Å². The van der Waals surface area contributed by atoms with Crippen LogP contribution in [0.1, 0.15) is 23.4 Å². The maximum absolute atomic E-state index is 12.2. The molecule has 1 atom stereocenters. The quantitative estimate of drug-likeness (QED) is 0.903. The summed E-state index contributed by atoms with van der Waals surface area (Å²) in [7, 11) is 0. The topological polar surface area (TPSA) is 59.0 Å². The van der Waals surface area contributed by atoms with Gasteiger partial charge in [0.15, 0.2) is 0 Å². The van der Waals surface area contributed by atoms with E-state index in [9.17, 15) is 4.79 Å². The molecule has 5 heteroatoms. The van der Waals surface area contributed by atoms with Crippen LogP contribution in [0.3, 0.4) is 0 Å². The van der Waals surface area contributed by atoms with Gasteiger partial charge in [0.1, 0.15) is 0 Å². The number of hydrogen-bond acceptors (Lipinski definition) is 3. The van der Waals surface area contributed by atoms with Gasteiger partial charge in [0.25, 0.3) is 0 Å². The van der Waals surface area contributed by atoms with Gasteiger partial charge in [-0.25, -0.2) is 4.68 Å². The second-order valence-electron chi connectivity index (χ2n) is 5.88. The zero-order chi connectivity index (χ0) is 15.5. The average molecular weight is 298 g/mol. The first kappa shape index (κ1) is 14.8. The van der Waals surface area contributed by atoms with Gasteiger partial charge in [-0.15, -0.1) is 0 Å². The molecule has 0 aliphatic carbocycles. The lowest BCUT2D eigenvalue weighted by molar-refractivity contribution is -0.124. The maximum Gasteiger partial charge on any atom is 0.224 e. The van der Waals surface area contributed by atoms with Gasteiger partial charge in [0.05, 0.1) is 17.3 Å². The number of aromatic nitrogens is 2. The molecule has 1 aromatic heterocycles. The van der Waals surface area contributed by atoms with Crippen molar-refractivity contribution in [2.45, 2.75) is 26.8 Å². The predicted octanol–water partition coefficient (Wildman–Crippen LogP) is 1.71. The van der Waals surface area contributed by atoms with E-state index in [1.165, 1.54) is 0 Å². The number of carbonyl (C=O) groups excluding carboxylic acids is 1. The number of nitrogens with one attached hydrogen (secondary N) is 2. The molecule has 1 aliphatic rings.